The summed E-state index contributed by atoms with van der Waals surface area (Å²) >= 11 is 0. The van der Waals surface area contributed by atoms with Gasteiger partial charge in [0.2, 0.25) is 0 Å². The second-order valence-electron chi connectivity index (χ2n) is 7.65. The number of aryl methyl sites for hydroxylation is 1. The molecule has 28 heavy (non-hydrogen) atoms. The van der Waals surface area contributed by atoms with Crippen molar-refractivity contribution in [3.8, 4) is 0 Å². The zero-order chi connectivity index (χ0) is 19.7. The van der Waals surface area contributed by atoms with E-state index in [1.54, 1.807) is 0 Å². The largest absolute Gasteiger partial charge is 0.380 e. The van der Waals surface area contributed by atoms with Crippen LogP contribution in [0.1, 0.15) is 29.8 Å². The third kappa shape index (κ3) is 3.42. The van der Waals surface area contributed by atoms with Crippen LogP contribution in [-0.2, 0) is 0 Å². The summed E-state index contributed by atoms with van der Waals surface area (Å²) in [5.41, 5.74) is 3.95. The molecule has 0 saturated carbocycles. The molecule has 0 aliphatic carbocycles. The Kier molecular flexibility index (Phi) is 4.94. The average Bonchev–Trinajstić information content (AvgIpc) is 3.13. The second kappa shape index (κ2) is 7.54. The van der Waals surface area contributed by atoms with Crippen molar-refractivity contribution in [1.29, 1.82) is 0 Å². The van der Waals surface area contributed by atoms with Gasteiger partial charge in [-0.25, -0.2) is 4.98 Å². The maximum Gasteiger partial charge on any atom is 0.256 e. The number of fused-ring (bicyclic) bond motifs is 1. The number of hydrogen-bond donors (Lipinski definition) is 2. The van der Waals surface area contributed by atoms with Crippen molar-refractivity contribution < 1.29 is 4.79 Å². The molecule has 1 aromatic carbocycles. The van der Waals surface area contributed by atoms with E-state index in [-0.39, 0.29) is 5.91 Å². The molecule has 0 unspecified atom stereocenters. The molecular formula is C22H27N5O. The zero-order valence-corrected chi connectivity index (χ0v) is 16.7. The van der Waals surface area contributed by atoms with Gasteiger partial charge in [0, 0.05) is 55.5 Å². The van der Waals surface area contributed by atoms with Crippen LogP contribution < -0.4 is 10.2 Å². The van der Waals surface area contributed by atoms with E-state index in [0.29, 0.717) is 19.1 Å². The van der Waals surface area contributed by atoms with Gasteiger partial charge in [-0.2, -0.15) is 0 Å². The van der Waals surface area contributed by atoms with Gasteiger partial charge in [0.05, 0.1) is 11.3 Å². The minimum atomic E-state index is 0.0988. The number of aromatic amines is 1. The molecule has 0 radical (unpaired) electrons. The summed E-state index contributed by atoms with van der Waals surface area (Å²) in [4.78, 5) is 25.2. The van der Waals surface area contributed by atoms with Crippen LogP contribution >= 0.6 is 0 Å². The van der Waals surface area contributed by atoms with E-state index in [2.05, 4.69) is 53.1 Å². The lowest BCUT2D eigenvalue weighted by Crippen LogP contribution is -2.49. The number of pyridine rings is 1. The number of benzene rings is 1. The first kappa shape index (κ1) is 18.3. The number of rotatable bonds is 4. The summed E-state index contributed by atoms with van der Waals surface area (Å²) in [5.74, 6) is 1.06. The Hall–Kier alpha value is -3.02. The molecule has 146 valence electrons. The fourth-order valence-electron chi connectivity index (χ4n) is 3.90. The Morgan fingerprint density at radius 2 is 1.93 bits per heavy atom. The number of piperazine rings is 1. The summed E-state index contributed by atoms with van der Waals surface area (Å²) in [5, 5.41) is 4.50. The van der Waals surface area contributed by atoms with Crippen LogP contribution in [0.15, 0.2) is 42.7 Å². The van der Waals surface area contributed by atoms with E-state index in [4.69, 9.17) is 0 Å². The highest BCUT2D eigenvalue weighted by molar-refractivity contribution is 6.07. The Balaban J connectivity index is 1.49. The summed E-state index contributed by atoms with van der Waals surface area (Å²) in [6.07, 6.45) is 3.67. The van der Waals surface area contributed by atoms with Gasteiger partial charge in [-0.1, -0.05) is 12.1 Å². The van der Waals surface area contributed by atoms with Crippen LogP contribution in [0.3, 0.4) is 0 Å². The summed E-state index contributed by atoms with van der Waals surface area (Å²) in [7, 11) is 0. The van der Waals surface area contributed by atoms with Crippen molar-refractivity contribution in [2.24, 2.45) is 0 Å². The number of carbonyl (C=O) groups excluding carboxylic acids is 1. The monoisotopic (exact) mass is 377 g/mol. The molecule has 6 heteroatoms. The Morgan fingerprint density at radius 3 is 2.68 bits per heavy atom. The van der Waals surface area contributed by atoms with Gasteiger partial charge in [0.15, 0.2) is 5.82 Å². The third-order valence-corrected chi connectivity index (χ3v) is 5.24. The molecule has 4 rings (SSSR count). The Labute approximate surface area is 165 Å². The molecule has 2 N–H and O–H groups in total. The second-order valence-corrected chi connectivity index (χ2v) is 7.65. The smallest absolute Gasteiger partial charge is 0.256 e. The number of carbonyl (C=O) groups is 1. The number of H-pyrrole nitrogens is 1. The average molecular weight is 377 g/mol. The number of anilines is 2. The molecule has 6 nitrogen and oxygen atoms in total. The minimum Gasteiger partial charge on any atom is -0.380 e. The first-order valence-corrected chi connectivity index (χ1v) is 9.87. The number of hydrogen-bond acceptors (Lipinski definition) is 4. The third-order valence-electron chi connectivity index (χ3n) is 5.24. The standard InChI is InChI=1S/C22H27N5O/c1-15(2)25-19-8-5-9-23-21(19)26-10-12-27(13-11-26)22(28)17-14-24-18-7-4-6-16(3)20(17)18/h4-9,14-15,24-25H,10-13H2,1-3H3. The van der Waals surface area contributed by atoms with Crippen molar-refractivity contribution in [3.05, 3.63) is 53.9 Å². The van der Waals surface area contributed by atoms with Crippen molar-refractivity contribution in [2.75, 3.05) is 36.4 Å². The van der Waals surface area contributed by atoms with E-state index >= 15 is 0 Å². The molecule has 1 aliphatic heterocycles. The summed E-state index contributed by atoms with van der Waals surface area (Å²) in [6, 6.07) is 10.4. The molecule has 0 atom stereocenters. The molecule has 0 spiro atoms. The number of amides is 1. The summed E-state index contributed by atoms with van der Waals surface area (Å²) in [6.45, 7) is 9.22. The highest BCUT2D eigenvalue weighted by atomic mass is 16.2. The van der Waals surface area contributed by atoms with Crippen LogP contribution in [0.25, 0.3) is 10.9 Å². The van der Waals surface area contributed by atoms with E-state index in [9.17, 15) is 4.79 Å². The van der Waals surface area contributed by atoms with Crippen LogP contribution in [0.2, 0.25) is 0 Å². The van der Waals surface area contributed by atoms with Gasteiger partial charge in [-0.05, 0) is 44.5 Å². The molecule has 1 aliphatic rings. The molecule has 1 fully saturated rings. The van der Waals surface area contributed by atoms with Crippen LogP contribution in [0.5, 0.6) is 0 Å². The zero-order valence-electron chi connectivity index (χ0n) is 16.7. The molecule has 1 amide bonds. The van der Waals surface area contributed by atoms with Crippen LogP contribution in [-0.4, -0.2) is 53.0 Å². The van der Waals surface area contributed by atoms with Crippen molar-refractivity contribution in [3.63, 3.8) is 0 Å². The summed E-state index contributed by atoms with van der Waals surface area (Å²) < 4.78 is 0. The SMILES string of the molecule is Cc1cccc2[nH]cc(C(=O)N3CCN(c4ncccc4NC(C)C)CC3)c12. The Morgan fingerprint density at radius 1 is 1.14 bits per heavy atom. The van der Waals surface area contributed by atoms with Crippen LogP contribution in [0.4, 0.5) is 11.5 Å². The van der Waals surface area contributed by atoms with E-state index in [1.165, 1.54) is 0 Å². The fourth-order valence-corrected chi connectivity index (χ4v) is 3.90. The normalized spacial score (nSPS) is 14.7. The number of nitrogens with one attached hydrogen (secondary N) is 2. The Bertz CT molecular complexity index is 986. The van der Waals surface area contributed by atoms with Crippen molar-refractivity contribution in [1.82, 2.24) is 14.9 Å². The molecule has 3 aromatic rings. The number of aromatic nitrogens is 2. The van der Waals surface area contributed by atoms with Gasteiger partial charge in [-0.15, -0.1) is 0 Å². The number of nitrogens with zero attached hydrogens (tertiary/aromatic N) is 3. The van der Waals surface area contributed by atoms with Crippen molar-refractivity contribution >= 4 is 28.3 Å². The minimum absolute atomic E-state index is 0.0988. The maximum absolute atomic E-state index is 13.1. The van der Waals surface area contributed by atoms with Gasteiger partial charge in [0.25, 0.3) is 5.91 Å². The lowest BCUT2D eigenvalue weighted by Gasteiger charge is -2.36. The van der Waals surface area contributed by atoms with E-state index < -0.39 is 0 Å². The lowest BCUT2D eigenvalue weighted by atomic mass is 10.1. The van der Waals surface area contributed by atoms with E-state index in [0.717, 1.165) is 46.6 Å². The van der Waals surface area contributed by atoms with Gasteiger partial charge in [-0.3, -0.25) is 4.79 Å². The molecular weight excluding hydrogens is 350 g/mol. The predicted octanol–water partition coefficient (Wildman–Crippen LogP) is 3.65. The van der Waals surface area contributed by atoms with Gasteiger partial charge in [0.1, 0.15) is 0 Å². The van der Waals surface area contributed by atoms with Gasteiger partial charge >= 0.3 is 0 Å². The van der Waals surface area contributed by atoms with Crippen LogP contribution in [0, 0.1) is 6.92 Å². The molecule has 2 aromatic heterocycles. The first-order valence-electron chi connectivity index (χ1n) is 9.87. The molecule has 3 heterocycles. The lowest BCUT2D eigenvalue weighted by molar-refractivity contribution is 0.0748. The van der Waals surface area contributed by atoms with Crippen molar-refractivity contribution in [2.45, 2.75) is 26.8 Å². The highest BCUT2D eigenvalue weighted by Crippen LogP contribution is 2.26. The predicted molar refractivity (Wildman–Crippen MR) is 114 cm³/mol. The highest BCUT2D eigenvalue weighted by Gasteiger charge is 2.26. The molecule has 0 bridgehead atoms. The topological polar surface area (TPSA) is 64.3 Å². The quantitative estimate of drug-likeness (QED) is 0.728. The van der Waals surface area contributed by atoms with E-state index in [1.807, 2.05) is 35.5 Å². The maximum atomic E-state index is 13.1. The van der Waals surface area contributed by atoms with Gasteiger partial charge < -0.3 is 20.1 Å². The molecule has 1 saturated heterocycles. The first-order chi connectivity index (χ1) is 13.5. The fraction of sp³-hybridized carbons (Fsp3) is 0.364.